The van der Waals surface area contributed by atoms with Gasteiger partial charge in [0.25, 0.3) is 11.7 Å². The van der Waals surface area contributed by atoms with Gasteiger partial charge in [-0.3, -0.25) is 9.78 Å². The number of halogens is 1. The first-order valence-electron chi connectivity index (χ1n) is 11.7. The van der Waals surface area contributed by atoms with Crippen molar-refractivity contribution in [1.29, 1.82) is 0 Å². The lowest BCUT2D eigenvalue weighted by molar-refractivity contribution is -0.144. The Morgan fingerprint density at radius 2 is 1.92 bits per heavy atom. The van der Waals surface area contributed by atoms with Crippen molar-refractivity contribution in [2.24, 2.45) is 0 Å². The SMILES string of the molecule is COC(=O)C1(NC(=O)c2ccc(-c3cnc4ncc(Cc5ccc6ncccc6c5)n4n3)cc2F)CC1. The molecule has 0 bridgehead atoms. The Kier molecular flexibility index (Phi) is 5.36. The van der Waals surface area contributed by atoms with Crippen LogP contribution in [0.5, 0.6) is 0 Å². The standard InChI is InChI=1S/C27H21FN6O3/c1-37-25(36)27(8-9-27)32-24(35)20-6-5-18(13-21(20)28)23-15-31-26-30-14-19(34(26)33-23)12-16-4-7-22-17(11-16)3-2-10-29-22/h2-7,10-11,13-15H,8-9,12H2,1H3,(H,32,35). The summed E-state index contributed by atoms with van der Waals surface area (Å²) < 4.78 is 21.3. The number of imidazole rings is 1. The number of nitrogens with zero attached hydrogens (tertiary/aromatic N) is 5. The van der Waals surface area contributed by atoms with E-state index in [1.807, 2.05) is 24.3 Å². The maximum Gasteiger partial charge on any atom is 0.331 e. The minimum absolute atomic E-state index is 0.165. The highest BCUT2D eigenvalue weighted by molar-refractivity contribution is 5.99. The molecule has 6 rings (SSSR count). The Morgan fingerprint density at radius 1 is 1.08 bits per heavy atom. The predicted molar refractivity (Wildman–Crippen MR) is 132 cm³/mol. The Balaban J connectivity index is 1.27. The van der Waals surface area contributed by atoms with Crippen LogP contribution in [0.4, 0.5) is 4.39 Å². The first kappa shape index (κ1) is 22.7. The molecule has 3 heterocycles. The van der Waals surface area contributed by atoms with Gasteiger partial charge < -0.3 is 10.1 Å². The summed E-state index contributed by atoms with van der Waals surface area (Å²) in [7, 11) is 1.26. The molecule has 37 heavy (non-hydrogen) atoms. The molecule has 0 spiro atoms. The van der Waals surface area contributed by atoms with Crippen LogP contribution in [0.25, 0.3) is 27.9 Å². The number of nitrogens with one attached hydrogen (secondary N) is 1. The van der Waals surface area contributed by atoms with Gasteiger partial charge in [-0.1, -0.05) is 18.2 Å². The van der Waals surface area contributed by atoms with Gasteiger partial charge in [0.1, 0.15) is 17.1 Å². The summed E-state index contributed by atoms with van der Waals surface area (Å²) in [6, 6.07) is 14.2. The molecule has 0 unspecified atom stereocenters. The summed E-state index contributed by atoms with van der Waals surface area (Å²) in [5, 5.41) is 8.27. The molecule has 1 fully saturated rings. The van der Waals surface area contributed by atoms with Gasteiger partial charge in [0.2, 0.25) is 0 Å². The van der Waals surface area contributed by atoms with Crippen LogP contribution in [0.2, 0.25) is 0 Å². The molecule has 1 N–H and O–H groups in total. The van der Waals surface area contributed by atoms with Crippen LogP contribution in [-0.2, 0) is 16.0 Å². The quantitative estimate of drug-likeness (QED) is 0.358. The van der Waals surface area contributed by atoms with Crippen molar-refractivity contribution in [1.82, 2.24) is 29.9 Å². The maximum atomic E-state index is 15.0. The first-order valence-corrected chi connectivity index (χ1v) is 11.7. The van der Waals surface area contributed by atoms with Crippen molar-refractivity contribution in [3.05, 3.63) is 89.8 Å². The largest absolute Gasteiger partial charge is 0.467 e. The average Bonchev–Trinajstić information content (AvgIpc) is 3.60. The summed E-state index contributed by atoms with van der Waals surface area (Å²) in [5.74, 6) is -1.50. The Labute approximate surface area is 210 Å². The van der Waals surface area contributed by atoms with Crippen molar-refractivity contribution in [2.75, 3.05) is 7.11 Å². The highest BCUT2D eigenvalue weighted by Crippen LogP contribution is 2.37. The van der Waals surface area contributed by atoms with Crippen LogP contribution in [0.3, 0.4) is 0 Å². The third-order valence-corrected chi connectivity index (χ3v) is 6.54. The fourth-order valence-corrected chi connectivity index (χ4v) is 4.36. The van der Waals surface area contributed by atoms with Crippen LogP contribution < -0.4 is 5.32 Å². The fraction of sp³-hybridized carbons (Fsp3) is 0.185. The number of methoxy groups -OCH3 is 1. The zero-order valence-electron chi connectivity index (χ0n) is 19.8. The molecule has 1 saturated carbocycles. The second-order valence-corrected chi connectivity index (χ2v) is 9.03. The molecule has 1 amide bonds. The number of ether oxygens (including phenoxy) is 1. The number of aromatic nitrogens is 5. The number of esters is 1. The zero-order valence-corrected chi connectivity index (χ0v) is 19.8. The highest BCUT2D eigenvalue weighted by Gasteiger charge is 2.52. The molecule has 0 aliphatic heterocycles. The molecule has 10 heteroatoms. The summed E-state index contributed by atoms with van der Waals surface area (Å²) >= 11 is 0. The average molecular weight is 497 g/mol. The van der Waals surface area contributed by atoms with Gasteiger partial charge in [-0.2, -0.15) is 5.10 Å². The number of pyridine rings is 1. The van der Waals surface area contributed by atoms with Crippen LogP contribution in [0.15, 0.2) is 67.1 Å². The van der Waals surface area contributed by atoms with E-state index in [9.17, 15) is 14.0 Å². The summed E-state index contributed by atoms with van der Waals surface area (Å²) in [6.45, 7) is 0. The molecule has 2 aromatic carbocycles. The van der Waals surface area contributed by atoms with Gasteiger partial charge >= 0.3 is 5.97 Å². The van der Waals surface area contributed by atoms with Crippen LogP contribution in [-0.4, -0.2) is 49.1 Å². The number of amides is 1. The second kappa shape index (κ2) is 8.74. The van der Waals surface area contributed by atoms with Crippen LogP contribution in [0.1, 0.15) is 34.5 Å². The summed E-state index contributed by atoms with van der Waals surface area (Å²) in [4.78, 5) is 37.6. The minimum atomic E-state index is -1.06. The van der Waals surface area contributed by atoms with Gasteiger partial charge in [0, 0.05) is 23.6 Å². The first-order chi connectivity index (χ1) is 18.0. The molecule has 5 aromatic rings. The fourth-order valence-electron chi connectivity index (χ4n) is 4.36. The van der Waals surface area contributed by atoms with Crippen molar-refractivity contribution in [2.45, 2.75) is 24.8 Å². The van der Waals surface area contributed by atoms with E-state index in [2.05, 4.69) is 31.4 Å². The summed E-state index contributed by atoms with van der Waals surface area (Å²) in [5.41, 5.74) is 2.46. The van der Waals surface area contributed by atoms with Gasteiger partial charge in [0.05, 0.1) is 36.3 Å². The van der Waals surface area contributed by atoms with Gasteiger partial charge in [-0.15, -0.1) is 0 Å². The van der Waals surface area contributed by atoms with Gasteiger partial charge in [-0.25, -0.2) is 23.7 Å². The lowest BCUT2D eigenvalue weighted by Crippen LogP contribution is -2.44. The normalized spacial score (nSPS) is 14.0. The highest BCUT2D eigenvalue weighted by atomic mass is 19.1. The smallest absolute Gasteiger partial charge is 0.331 e. The Hall–Kier alpha value is -4.73. The lowest BCUT2D eigenvalue weighted by atomic mass is 10.1. The van der Waals surface area contributed by atoms with E-state index in [1.165, 1.54) is 25.4 Å². The number of rotatable bonds is 6. The van der Waals surface area contributed by atoms with E-state index < -0.39 is 23.2 Å². The number of hydrogen-bond acceptors (Lipinski definition) is 7. The molecular weight excluding hydrogens is 475 g/mol. The summed E-state index contributed by atoms with van der Waals surface area (Å²) in [6.07, 6.45) is 6.49. The molecule has 9 nitrogen and oxygen atoms in total. The third-order valence-electron chi connectivity index (χ3n) is 6.54. The van der Waals surface area contributed by atoms with Gasteiger partial charge in [0.15, 0.2) is 0 Å². The van der Waals surface area contributed by atoms with E-state index in [1.54, 1.807) is 23.0 Å². The molecule has 0 saturated heterocycles. The number of benzene rings is 2. The Bertz CT molecular complexity index is 1690. The Morgan fingerprint density at radius 3 is 2.70 bits per heavy atom. The molecule has 3 aromatic heterocycles. The molecule has 1 aliphatic carbocycles. The second-order valence-electron chi connectivity index (χ2n) is 9.03. The molecule has 0 atom stereocenters. The van der Waals surface area contributed by atoms with Crippen molar-refractivity contribution in [3.63, 3.8) is 0 Å². The molecular formula is C27H21FN6O3. The number of carbonyl (C=O) groups is 2. The zero-order chi connectivity index (χ0) is 25.6. The monoisotopic (exact) mass is 496 g/mol. The molecule has 0 radical (unpaired) electrons. The van der Waals surface area contributed by atoms with E-state index in [0.29, 0.717) is 36.3 Å². The van der Waals surface area contributed by atoms with E-state index in [-0.39, 0.29) is 5.56 Å². The van der Waals surface area contributed by atoms with Crippen molar-refractivity contribution < 1.29 is 18.7 Å². The van der Waals surface area contributed by atoms with E-state index >= 15 is 0 Å². The van der Waals surface area contributed by atoms with Crippen molar-refractivity contribution >= 4 is 28.6 Å². The minimum Gasteiger partial charge on any atom is -0.467 e. The predicted octanol–water partition coefficient (Wildman–Crippen LogP) is 3.50. The number of hydrogen-bond donors (Lipinski definition) is 1. The molecule has 184 valence electrons. The van der Waals surface area contributed by atoms with E-state index in [0.717, 1.165) is 22.2 Å². The topological polar surface area (TPSA) is 111 Å². The maximum absolute atomic E-state index is 15.0. The lowest BCUT2D eigenvalue weighted by Gasteiger charge is -2.15. The van der Waals surface area contributed by atoms with Crippen LogP contribution >= 0.6 is 0 Å². The number of fused-ring (bicyclic) bond motifs is 2. The number of carbonyl (C=O) groups excluding carboxylic acids is 2. The van der Waals surface area contributed by atoms with Crippen molar-refractivity contribution in [3.8, 4) is 11.3 Å². The third kappa shape index (κ3) is 4.16. The van der Waals surface area contributed by atoms with Gasteiger partial charge in [-0.05, 0) is 48.7 Å². The van der Waals surface area contributed by atoms with E-state index in [4.69, 9.17) is 4.74 Å². The van der Waals surface area contributed by atoms with Crippen LogP contribution in [0, 0.1) is 5.82 Å². The molecule has 1 aliphatic rings.